The van der Waals surface area contributed by atoms with Gasteiger partial charge in [0.2, 0.25) is 5.91 Å². The zero-order valence-corrected chi connectivity index (χ0v) is 20.3. The van der Waals surface area contributed by atoms with Gasteiger partial charge in [0.05, 0.1) is 25.6 Å². The van der Waals surface area contributed by atoms with E-state index in [0.717, 1.165) is 11.3 Å². The standard InChI is InChI=1S/C22H21ClN6O5S/c1-33-11-7-6-9(18(16(11)23)28-12(30)4-3-5-13(31)34-2)14-10(8-24)20(26)29-22-15(14)17(25)19(35-22)21(27)32/h6-7H,3-5,25H2,1-2H3,(H2,26,29)(H2,27,32)(H,28,30). The molecule has 182 valence electrons. The minimum atomic E-state index is -0.763. The van der Waals surface area contributed by atoms with Crippen LogP contribution in [0.5, 0.6) is 5.75 Å². The van der Waals surface area contributed by atoms with Gasteiger partial charge >= 0.3 is 5.97 Å². The van der Waals surface area contributed by atoms with Crippen molar-refractivity contribution in [2.24, 2.45) is 5.73 Å². The van der Waals surface area contributed by atoms with Crippen molar-refractivity contribution in [2.75, 3.05) is 31.0 Å². The van der Waals surface area contributed by atoms with E-state index in [1.54, 1.807) is 12.1 Å². The van der Waals surface area contributed by atoms with Crippen LogP contribution in [0.2, 0.25) is 5.02 Å². The van der Waals surface area contributed by atoms with Gasteiger partial charge < -0.3 is 32.0 Å². The second-order valence-electron chi connectivity index (χ2n) is 7.23. The average Bonchev–Trinajstić information content (AvgIpc) is 3.15. The number of hydrogen-bond acceptors (Lipinski definition) is 10. The molecule has 1 aromatic carbocycles. The summed E-state index contributed by atoms with van der Waals surface area (Å²) in [5.41, 5.74) is 18.4. The number of pyridine rings is 1. The fourth-order valence-corrected chi connectivity index (χ4v) is 4.73. The maximum Gasteiger partial charge on any atom is 0.305 e. The molecule has 0 unspecified atom stereocenters. The first kappa shape index (κ1) is 25.5. The molecule has 7 N–H and O–H groups in total. The van der Waals surface area contributed by atoms with Crippen molar-refractivity contribution in [3.05, 3.63) is 27.6 Å². The quantitative estimate of drug-likeness (QED) is 0.325. The van der Waals surface area contributed by atoms with Crippen molar-refractivity contribution in [1.82, 2.24) is 4.98 Å². The number of primary amides is 1. The zero-order valence-electron chi connectivity index (χ0n) is 18.7. The van der Waals surface area contributed by atoms with Crippen LogP contribution < -0.4 is 27.3 Å². The van der Waals surface area contributed by atoms with Crippen LogP contribution in [0.4, 0.5) is 17.2 Å². The zero-order chi connectivity index (χ0) is 25.9. The lowest BCUT2D eigenvalue weighted by Gasteiger charge is -2.18. The van der Waals surface area contributed by atoms with Gasteiger partial charge in [0.25, 0.3) is 5.91 Å². The molecule has 0 radical (unpaired) electrons. The Morgan fingerprint density at radius 2 is 1.94 bits per heavy atom. The second kappa shape index (κ2) is 10.5. The van der Waals surface area contributed by atoms with Gasteiger partial charge in [-0.3, -0.25) is 14.4 Å². The number of rotatable bonds is 8. The lowest BCUT2D eigenvalue weighted by atomic mass is 9.95. The Balaban J connectivity index is 2.23. The molecule has 0 bridgehead atoms. The van der Waals surface area contributed by atoms with E-state index < -0.39 is 17.8 Å². The van der Waals surface area contributed by atoms with E-state index in [1.165, 1.54) is 14.2 Å². The van der Waals surface area contributed by atoms with E-state index in [0.29, 0.717) is 5.56 Å². The second-order valence-corrected chi connectivity index (χ2v) is 8.61. The summed E-state index contributed by atoms with van der Waals surface area (Å²) in [6.07, 6.45) is 0.294. The fraction of sp³-hybridized carbons (Fsp3) is 0.227. The van der Waals surface area contributed by atoms with Crippen molar-refractivity contribution in [3.63, 3.8) is 0 Å². The highest BCUT2D eigenvalue weighted by molar-refractivity contribution is 7.21. The molecule has 3 rings (SSSR count). The van der Waals surface area contributed by atoms with Gasteiger partial charge in [-0.1, -0.05) is 11.6 Å². The molecule has 0 fully saturated rings. The number of methoxy groups -OCH3 is 2. The molecule has 2 amide bonds. The van der Waals surface area contributed by atoms with Crippen LogP contribution >= 0.6 is 22.9 Å². The van der Waals surface area contributed by atoms with E-state index in [2.05, 4.69) is 15.0 Å². The number of nitriles is 1. The molecule has 0 aliphatic carbocycles. The molecular weight excluding hydrogens is 496 g/mol. The number of hydrogen-bond donors (Lipinski definition) is 4. The van der Waals surface area contributed by atoms with Gasteiger partial charge in [-0.05, 0) is 18.6 Å². The number of ether oxygens (including phenoxy) is 2. The number of anilines is 3. The smallest absolute Gasteiger partial charge is 0.305 e. The highest BCUT2D eigenvalue weighted by Gasteiger charge is 2.26. The highest BCUT2D eigenvalue weighted by atomic mass is 35.5. The van der Waals surface area contributed by atoms with E-state index in [4.69, 9.17) is 33.5 Å². The van der Waals surface area contributed by atoms with Crippen molar-refractivity contribution in [3.8, 4) is 22.9 Å². The normalized spacial score (nSPS) is 10.6. The molecule has 0 aliphatic heterocycles. The van der Waals surface area contributed by atoms with Gasteiger partial charge in [0.15, 0.2) is 0 Å². The number of esters is 1. The third-order valence-corrected chi connectivity index (χ3v) is 6.60. The molecular formula is C22H21ClN6O5S. The first-order valence-electron chi connectivity index (χ1n) is 10.1. The molecule has 0 saturated carbocycles. The Hall–Kier alpha value is -4.08. The summed E-state index contributed by atoms with van der Waals surface area (Å²) < 4.78 is 9.87. The number of aromatic nitrogens is 1. The van der Waals surface area contributed by atoms with Crippen molar-refractivity contribution < 1.29 is 23.9 Å². The van der Waals surface area contributed by atoms with Crippen LogP contribution in [-0.2, 0) is 14.3 Å². The predicted molar refractivity (Wildman–Crippen MR) is 133 cm³/mol. The molecule has 3 aromatic rings. The number of amides is 2. The van der Waals surface area contributed by atoms with Crippen LogP contribution in [0.15, 0.2) is 12.1 Å². The fourth-order valence-electron chi connectivity index (χ4n) is 3.48. The van der Waals surface area contributed by atoms with Crippen molar-refractivity contribution in [1.29, 1.82) is 5.26 Å². The number of carbonyl (C=O) groups is 3. The molecule has 0 saturated heterocycles. The number of fused-ring (bicyclic) bond motifs is 1. The van der Waals surface area contributed by atoms with E-state index in [-0.39, 0.29) is 73.4 Å². The highest BCUT2D eigenvalue weighted by Crippen LogP contribution is 2.47. The first-order valence-corrected chi connectivity index (χ1v) is 11.3. The predicted octanol–water partition coefficient (Wildman–Crippen LogP) is 3.04. The van der Waals surface area contributed by atoms with Gasteiger partial charge in [-0.2, -0.15) is 5.26 Å². The molecule has 2 heterocycles. The number of nitrogens with one attached hydrogen (secondary N) is 1. The van der Waals surface area contributed by atoms with Gasteiger partial charge in [-0.15, -0.1) is 11.3 Å². The van der Waals surface area contributed by atoms with E-state index >= 15 is 0 Å². The number of benzene rings is 1. The summed E-state index contributed by atoms with van der Waals surface area (Å²) >= 11 is 7.48. The van der Waals surface area contributed by atoms with E-state index in [1.807, 2.05) is 6.07 Å². The number of halogens is 1. The number of nitrogens with two attached hydrogens (primary N) is 3. The first-order chi connectivity index (χ1) is 16.6. The largest absolute Gasteiger partial charge is 0.495 e. The van der Waals surface area contributed by atoms with Crippen molar-refractivity contribution >= 4 is 68.1 Å². The van der Waals surface area contributed by atoms with E-state index in [9.17, 15) is 19.6 Å². The molecule has 2 aromatic heterocycles. The molecule has 0 spiro atoms. The molecule has 35 heavy (non-hydrogen) atoms. The Morgan fingerprint density at radius 3 is 2.54 bits per heavy atom. The summed E-state index contributed by atoms with van der Waals surface area (Å²) in [6, 6.07) is 5.13. The monoisotopic (exact) mass is 516 g/mol. The Kier molecular flexibility index (Phi) is 7.63. The summed E-state index contributed by atoms with van der Waals surface area (Å²) in [5, 5.41) is 12.9. The summed E-state index contributed by atoms with van der Waals surface area (Å²) in [4.78, 5) is 40.5. The number of nitrogens with zero attached hydrogens (tertiary/aromatic N) is 2. The Labute approximate surface area is 208 Å². The molecule has 0 aliphatic rings. The van der Waals surface area contributed by atoms with Crippen LogP contribution in [0.25, 0.3) is 21.3 Å². The summed E-state index contributed by atoms with van der Waals surface area (Å²) in [5.74, 6) is -1.49. The van der Waals surface area contributed by atoms with Gasteiger partial charge in [0, 0.05) is 29.4 Å². The molecule has 0 atom stereocenters. The van der Waals surface area contributed by atoms with Crippen LogP contribution in [-0.4, -0.2) is 37.0 Å². The van der Waals surface area contributed by atoms with Crippen molar-refractivity contribution in [2.45, 2.75) is 19.3 Å². The average molecular weight is 517 g/mol. The number of thiophene rings is 1. The third-order valence-electron chi connectivity index (χ3n) is 5.11. The Bertz CT molecular complexity index is 1400. The Morgan fingerprint density at radius 1 is 1.23 bits per heavy atom. The minimum absolute atomic E-state index is 0.00645. The molecule has 13 heteroatoms. The molecule has 11 nitrogen and oxygen atoms in total. The number of nitrogen functional groups attached to an aromatic ring is 2. The maximum absolute atomic E-state index is 12.7. The third kappa shape index (κ3) is 4.91. The number of carbonyl (C=O) groups excluding carboxylic acids is 3. The van der Waals surface area contributed by atoms with Gasteiger partial charge in [0.1, 0.15) is 37.9 Å². The lowest BCUT2D eigenvalue weighted by molar-refractivity contribution is -0.140. The van der Waals surface area contributed by atoms with Crippen LogP contribution in [0.3, 0.4) is 0 Å². The minimum Gasteiger partial charge on any atom is -0.495 e. The lowest BCUT2D eigenvalue weighted by Crippen LogP contribution is -2.14. The van der Waals surface area contributed by atoms with Gasteiger partial charge in [-0.25, -0.2) is 4.98 Å². The van der Waals surface area contributed by atoms with Crippen LogP contribution in [0, 0.1) is 11.3 Å². The van der Waals surface area contributed by atoms with Crippen LogP contribution in [0.1, 0.15) is 34.5 Å². The summed E-state index contributed by atoms with van der Waals surface area (Å²) in [6.45, 7) is 0. The maximum atomic E-state index is 12.7. The SMILES string of the molecule is COC(=O)CCCC(=O)Nc1c(-c2c(C#N)c(N)nc3sc(C(N)=O)c(N)c23)ccc(OC)c1Cl. The topological polar surface area (TPSA) is 196 Å². The summed E-state index contributed by atoms with van der Waals surface area (Å²) in [7, 11) is 2.67.